The molecule has 0 radical (unpaired) electrons. The van der Waals surface area contributed by atoms with E-state index in [1.165, 1.54) is 12.3 Å². The Labute approximate surface area is 120 Å². The van der Waals surface area contributed by atoms with Gasteiger partial charge in [-0.25, -0.2) is 5.43 Å². The highest BCUT2D eigenvalue weighted by molar-refractivity contribution is 5.86. The Morgan fingerprint density at radius 2 is 1.95 bits per heavy atom. The van der Waals surface area contributed by atoms with Gasteiger partial charge in [0.2, 0.25) is 6.54 Å². The zero-order valence-electron chi connectivity index (χ0n) is 11.0. The van der Waals surface area contributed by atoms with Crippen LogP contribution in [0, 0.1) is 10.1 Å². The molecule has 0 bridgehead atoms. The maximum atomic E-state index is 11.6. The quantitative estimate of drug-likeness (QED) is 0.385. The summed E-state index contributed by atoms with van der Waals surface area (Å²) in [5.41, 5.74) is 2.60. The second-order valence-corrected chi connectivity index (χ2v) is 4.16. The number of amides is 1. The predicted molar refractivity (Wildman–Crippen MR) is 75.5 cm³/mol. The summed E-state index contributed by atoms with van der Waals surface area (Å²) in [5.74, 6) is -0.318. The summed E-state index contributed by atoms with van der Waals surface area (Å²) in [6, 6.07) is 11.6. The number of aromatic nitrogens is 1. The van der Waals surface area contributed by atoms with Crippen LogP contribution in [-0.2, 0) is 11.3 Å². The molecule has 7 nitrogen and oxygen atoms in total. The lowest BCUT2D eigenvalue weighted by molar-refractivity contribution is -0.684. The second kappa shape index (κ2) is 6.90. The van der Waals surface area contributed by atoms with Crippen molar-refractivity contribution in [3.63, 3.8) is 0 Å². The molecule has 1 amide bonds. The third-order valence-electron chi connectivity index (χ3n) is 2.63. The Balaban J connectivity index is 1.97. The van der Waals surface area contributed by atoms with E-state index in [-0.39, 0.29) is 18.1 Å². The van der Waals surface area contributed by atoms with Crippen LogP contribution in [0.4, 0.5) is 5.69 Å². The molecule has 1 heterocycles. The molecule has 7 heteroatoms. The van der Waals surface area contributed by atoms with Crippen LogP contribution in [-0.4, -0.2) is 17.0 Å². The van der Waals surface area contributed by atoms with Crippen LogP contribution in [0.2, 0.25) is 0 Å². The van der Waals surface area contributed by atoms with Crippen molar-refractivity contribution in [2.75, 3.05) is 0 Å². The second-order valence-electron chi connectivity index (χ2n) is 4.16. The fraction of sp³-hybridized carbons (Fsp3) is 0.0714. The van der Waals surface area contributed by atoms with E-state index in [4.69, 9.17) is 0 Å². The van der Waals surface area contributed by atoms with Crippen molar-refractivity contribution < 1.29 is 14.3 Å². The molecule has 0 aliphatic carbocycles. The van der Waals surface area contributed by atoms with E-state index in [0.717, 1.165) is 0 Å². The van der Waals surface area contributed by atoms with Gasteiger partial charge in [0.1, 0.15) is 0 Å². The number of nitro benzene ring substituents is 1. The Hall–Kier alpha value is -3.09. The molecule has 0 fully saturated rings. The van der Waals surface area contributed by atoms with Crippen LogP contribution in [0.1, 0.15) is 5.56 Å². The van der Waals surface area contributed by atoms with Crippen molar-refractivity contribution in [3.8, 4) is 0 Å². The molecule has 1 N–H and O–H groups in total. The van der Waals surface area contributed by atoms with E-state index in [0.29, 0.717) is 5.56 Å². The minimum atomic E-state index is -0.497. The monoisotopic (exact) mass is 285 g/mol. The highest BCUT2D eigenvalue weighted by Crippen LogP contribution is 2.14. The van der Waals surface area contributed by atoms with Gasteiger partial charge in [-0.15, -0.1) is 0 Å². The molecule has 21 heavy (non-hydrogen) atoms. The average Bonchev–Trinajstić information content (AvgIpc) is 2.48. The average molecular weight is 285 g/mol. The van der Waals surface area contributed by atoms with Crippen LogP contribution >= 0.6 is 0 Å². The highest BCUT2D eigenvalue weighted by atomic mass is 16.6. The van der Waals surface area contributed by atoms with Crippen molar-refractivity contribution in [2.24, 2.45) is 5.10 Å². The summed E-state index contributed by atoms with van der Waals surface area (Å²) in [5, 5.41) is 14.6. The van der Waals surface area contributed by atoms with Gasteiger partial charge in [0, 0.05) is 18.2 Å². The van der Waals surface area contributed by atoms with E-state index in [1.807, 2.05) is 18.2 Å². The molecule has 2 rings (SSSR count). The third kappa shape index (κ3) is 4.20. The Bertz CT molecular complexity index is 671. The number of nitrogens with zero attached hydrogens (tertiary/aromatic N) is 3. The maximum Gasteiger partial charge on any atom is 0.305 e. The molecule has 0 unspecified atom stereocenters. The SMILES string of the molecule is O=C(C[n+]1ccccc1)NN=Cc1ccccc1[N+](=O)[O-]. The fourth-order valence-corrected chi connectivity index (χ4v) is 1.68. The fourth-order valence-electron chi connectivity index (χ4n) is 1.68. The zero-order valence-corrected chi connectivity index (χ0v) is 11.0. The maximum absolute atomic E-state index is 11.6. The van der Waals surface area contributed by atoms with Gasteiger partial charge in [-0.1, -0.05) is 18.2 Å². The molecule has 0 aliphatic rings. The van der Waals surface area contributed by atoms with Crippen molar-refractivity contribution >= 4 is 17.8 Å². The topological polar surface area (TPSA) is 88.5 Å². The predicted octanol–water partition coefficient (Wildman–Crippen LogP) is 1.03. The van der Waals surface area contributed by atoms with E-state index >= 15 is 0 Å². The molecular formula is C14H13N4O3+. The first-order chi connectivity index (χ1) is 10.2. The smallest absolute Gasteiger partial charge is 0.266 e. The van der Waals surface area contributed by atoms with Crippen LogP contribution in [0.3, 0.4) is 0 Å². The number of rotatable bonds is 5. The number of hydrogen-bond acceptors (Lipinski definition) is 4. The highest BCUT2D eigenvalue weighted by Gasteiger charge is 2.10. The van der Waals surface area contributed by atoms with Crippen LogP contribution in [0.25, 0.3) is 0 Å². The van der Waals surface area contributed by atoms with E-state index in [9.17, 15) is 14.9 Å². The Morgan fingerprint density at radius 3 is 2.67 bits per heavy atom. The van der Waals surface area contributed by atoms with Gasteiger partial charge in [0.15, 0.2) is 12.4 Å². The summed E-state index contributed by atoms with van der Waals surface area (Å²) in [7, 11) is 0. The number of para-hydroxylation sites is 1. The molecular weight excluding hydrogens is 272 g/mol. The van der Waals surface area contributed by atoms with E-state index < -0.39 is 4.92 Å². The Morgan fingerprint density at radius 1 is 1.24 bits per heavy atom. The van der Waals surface area contributed by atoms with Crippen molar-refractivity contribution in [1.82, 2.24) is 5.43 Å². The van der Waals surface area contributed by atoms with Crippen molar-refractivity contribution in [2.45, 2.75) is 6.54 Å². The first-order valence-electron chi connectivity index (χ1n) is 6.16. The minimum absolute atomic E-state index is 0.0621. The molecule has 1 aromatic carbocycles. The number of nitrogens with one attached hydrogen (secondary N) is 1. The molecule has 106 valence electrons. The molecule has 0 saturated carbocycles. The summed E-state index contributed by atoms with van der Waals surface area (Å²) < 4.78 is 1.69. The lowest BCUT2D eigenvalue weighted by Gasteiger charge is -1.97. The van der Waals surface area contributed by atoms with Crippen LogP contribution in [0.5, 0.6) is 0 Å². The van der Waals surface area contributed by atoms with Gasteiger partial charge in [0.05, 0.1) is 16.7 Å². The summed E-state index contributed by atoms with van der Waals surface area (Å²) in [6.45, 7) is 0.120. The van der Waals surface area contributed by atoms with E-state index in [2.05, 4.69) is 10.5 Å². The number of benzene rings is 1. The number of carbonyl (C=O) groups is 1. The number of nitro groups is 1. The van der Waals surface area contributed by atoms with Gasteiger partial charge >= 0.3 is 5.91 Å². The standard InChI is InChI=1S/C14H12N4O3/c19-14(11-17-8-4-1-5-9-17)16-15-10-12-6-2-3-7-13(12)18(20)21/h1-10H,11H2/p+1. The molecule has 0 aliphatic heterocycles. The summed E-state index contributed by atoms with van der Waals surface area (Å²) >= 11 is 0. The van der Waals surface area contributed by atoms with Gasteiger partial charge in [-0.2, -0.15) is 9.67 Å². The summed E-state index contributed by atoms with van der Waals surface area (Å²) in [4.78, 5) is 22.0. The number of carbonyl (C=O) groups excluding carboxylic acids is 1. The van der Waals surface area contributed by atoms with Gasteiger partial charge in [-0.05, 0) is 6.07 Å². The first-order valence-corrected chi connectivity index (χ1v) is 6.16. The summed E-state index contributed by atoms with van der Waals surface area (Å²) in [6.07, 6.45) is 4.77. The van der Waals surface area contributed by atoms with Crippen molar-refractivity contribution in [3.05, 3.63) is 70.5 Å². The van der Waals surface area contributed by atoms with Crippen LogP contribution in [0.15, 0.2) is 60.0 Å². The minimum Gasteiger partial charge on any atom is -0.266 e. The first kappa shape index (κ1) is 14.3. The largest absolute Gasteiger partial charge is 0.305 e. The molecule has 0 saturated heterocycles. The molecule has 2 aromatic rings. The third-order valence-corrected chi connectivity index (χ3v) is 2.63. The van der Waals surface area contributed by atoms with Crippen molar-refractivity contribution in [1.29, 1.82) is 0 Å². The number of pyridine rings is 1. The Kier molecular flexibility index (Phi) is 4.70. The molecule has 1 aromatic heterocycles. The lowest BCUT2D eigenvalue weighted by Crippen LogP contribution is -2.40. The zero-order chi connectivity index (χ0) is 15.1. The normalized spacial score (nSPS) is 10.5. The number of hydrazone groups is 1. The van der Waals surface area contributed by atoms with Gasteiger partial charge in [-0.3, -0.25) is 14.9 Å². The van der Waals surface area contributed by atoms with Gasteiger partial charge in [0.25, 0.3) is 5.69 Å². The molecule has 0 atom stereocenters. The number of hydrogen-bond donors (Lipinski definition) is 1. The van der Waals surface area contributed by atoms with Gasteiger partial charge < -0.3 is 0 Å². The molecule has 0 spiro atoms. The van der Waals surface area contributed by atoms with E-state index in [1.54, 1.807) is 35.2 Å². The van der Waals surface area contributed by atoms with Crippen LogP contribution < -0.4 is 9.99 Å². The lowest BCUT2D eigenvalue weighted by atomic mass is 10.2.